The molecule has 1 aliphatic carbocycles. The molecular formula is C29H34ClN3O4. The molecule has 0 unspecified atom stereocenters. The van der Waals surface area contributed by atoms with Gasteiger partial charge in [-0.05, 0) is 80.6 Å². The Kier molecular flexibility index (Phi) is 8.87. The van der Waals surface area contributed by atoms with Crippen molar-refractivity contribution in [3.8, 4) is 5.75 Å². The van der Waals surface area contributed by atoms with E-state index in [9.17, 15) is 14.4 Å². The third-order valence-corrected chi connectivity index (χ3v) is 7.38. The lowest BCUT2D eigenvalue weighted by atomic mass is 10.1. The lowest BCUT2D eigenvalue weighted by Crippen LogP contribution is -2.31. The maximum Gasteiger partial charge on any atom is 0.262 e. The van der Waals surface area contributed by atoms with E-state index >= 15 is 0 Å². The second kappa shape index (κ2) is 12.3. The first kappa shape index (κ1) is 26.7. The molecule has 1 aliphatic rings. The molecule has 0 aliphatic heterocycles. The highest BCUT2D eigenvalue weighted by molar-refractivity contribution is 6.30. The van der Waals surface area contributed by atoms with Gasteiger partial charge in [0.15, 0.2) is 0 Å². The minimum absolute atomic E-state index is 0.112. The molecule has 0 bridgehead atoms. The predicted molar refractivity (Wildman–Crippen MR) is 145 cm³/mol. The van der Waals surface area contributed by atoms with Gasteiger partial charge in [0.05, 0.1) is 19.0 Å². The molecule has 37 heavy (non-hydrogen) atoms. The Hall–Kier alpha value is -3.32. The number of halogens is 1. The maximum atomic E-state index is 13.4. The number of nitrogens with zero attached hydrogens (tertiary/aromatic N) is 1. The number of hydrogen-bond acceptors (Lipinski definition) is 4. The monoisotopic (exact) mass is 523 g/mol. The Bertz CT molecular complexity index is 1280. The number of methoxy groups -OCH3 is 1. The molecule has 0 spiro atoms. The third kappa shape index (κ3) is 6.34. The van der Waals surface area contributed by atoms with Crippen LogP contribution in [0.2, 0.25) is 5.02 Å². The van der Waals surface area contributed by atoms with E-state index in [0.29, 0.717) is 35.1 Å². The Balaban J connectivity index is 1.40. The largest absolute Gasteiger partial charge is 0.497 e. The summed E-state index contributed by atoms with van der Waals surface area (Å²) in [5.41, 5.74) is 2.74. The number of carbonyl (C=O) groups is 3. The van der Waals surface area contributed by atoms with E-state index in [-0.39, 0.29) is 30.1 Å². The van der Waals surface area contributed by atoms with Gasteiger partial charge >= 0.3 is 0 Å². The molecule has 1 saturated carbocycles. The normalized spacial score (nSPS) is 13.6. The lowest BCUT2D eigenvalue weighted by molar-refractivity contribution is -0.125. The molecule has 2 aromatic carbocycles. The molecule has 0 atom stereocenters. The highest BCUT2D eigenvalue weighted by Crippen LogP contribution is 2.31. The van der Waals surface area contributed by atoms with Crippen LogP contribution >= 0.6 is 11.6 Å². The molecule has 8 heteroatoms. The van der Waals surface area contributed by atoms with Gasteiger partial charge in [-0.15, -0.1) is 0 Å². The summed E-state index contributed by atoms with van der Waals surface area (Å²) in [5.74, 6) is 0.701. The van der Waals surface area contributed by atoms with Crippen molar-refractivity contribution in [1.29, 1.82) is 0 Å². The fourth-order valence-electron chi connectivity index (χ4n) is 5.04. The summed E-state index contributed by atoms with van der Waals surface area (Å²) in [4.78, 5) is 38.4. The standard InChI is InChI=1S/C29H34ClN3O4/c1-19-24(18-27(34)31-15-5-6-16-32-28(35)20-7-3-4-8-20)25-17-23(37-2)13-14-26(25)33(19)29(36)21-9-11-22(30)12-10-21/h9-14,17,20H,3-8,15-16,18H2,1-2H3,(H,31,34)(H,32,35). The number of unbranched alkanes of at least 4 members (excludes halogenated alkanes) is 1. The van der Waals surface area contributed by atoms with Gasteiger partial charge in [-0.1, -0.05) is 24.4 Å². The molecule has 4 rings (SSSR count). The van der Waals surface area contributed by atoms with Crippen molar-refractivity contribution in [3.05, 3.63) is 64.3 Å². The van der Waals surface area contributed by atoms with Crippen LogP contribution in [0.25, 0.3) is 10.9 Å². The van der Waals surface area contributed by atoms with Crippen LogP contribution in [0, 0.1) is 12.8 Å². The van der Waals surface area contributed by atoms with Crippen molar-refractivity contribution in [2.75, 3.05) is 20.2 Å². The van der Waals surface area contributed by atoms with Crippen molar-refractivity contribution in [2.24, 2.45) is 5.92 Å². The van der Waals surface area contributed by atoms with Crippen molar-refractivity contribution in [1.82, 2.24) is 15.2 Å². The molecule has 0 saturated heterocycles. The van der Waals surface area contributed by atoms with E-state index in [2.05, 4.69) is 10.6 Å². The first-order valence-corrected chi connectivity index (χ1v) is 13.3. The maximum absolute atomic E-state index is 13.4. The summed E-state index contributed by atoms with van der Waals surface area (Å²) in [7, 11) is 1.59. The van der Waals surface area contributed by atoms with Crippen LogP contribution in [0.15, 0.2) is 42.5 Å². The van der Waals surface area contributed by atoms with Gasteiger partial charge in [-0.3, -0.25) is 19.0 Å². The number of amides is 2. The molecule has 196 valence electrons. The van der Waals surface area contributed by atoms with Crippen molar-refractivity contribution < 1.29 is 19.1 Å². The first-order chi connectivity index (χ1) is 17.9. The predicted octanol–water partition coefficient (Wildman–Crippen LogP) is 5.05. The molecule has 2 N–H and O–H groups in total. The highest BCUT2D eigenvalue weighted by Gasteiger charge is 2.23. The highest BCUT2D eigenvalue weighted by atomic mass is 35.5. The molecule has 2 amide bonds. The minimum atomic E-state index is -0.185. The summed E-state index contributed by atoms with van der Waals surface area (Å²) < 4.78 is 7.05. The Morgan fingerprint density at radius 1 is 1.00 bits per heavy atom. The fourth-order valence-corrected chi connectivity index (χ4v) is 5.17. The summed E-state index contributed by atoms with van der Waals surface area (Å²) in [6.07, 6.45) is 6.01. The average Bonchev–Trinajstić information content (AvgIpc) is 3.53. The van der Waals surface area contributed by atoms with Crippen LogP contribution in [0.1, 0.15) is 60.1 Å². The van der Waals surface area contributed by atoms with Gasteiger partial charge in [0.1, 0.15) is 5.75 Å². The summed E-state index contributed by atoms with van der Waals surface area (Å²) in [5, 5.41) is 7.36. The smallest absolute Gasteiger partial charge is 0.262 e. The topological polar surface area (TPSA) is 89.4 Å². The molecule has 3 aromatic rings. The number of hydrogen-bond donors (Lipinski definition) is 2. The van der Waals surface area contributed by atoms with Crippen molar-refractivity contribution in [3.63, 3.8) is 0 Å². The van der Waals surface area contributed by atoms with E-state index < -0.39 is 0 Å². The Labute approximate surface area is 222 Å². The first-order valence-electron chi connectivity index (χ1n) is 12.9. The number of benzene rings is 2. The number of nitrogens with one attached hydrogen (secondary N) is 2. The van der Waals surface area contributed by atoms with Crippen LogP contribution in [0.3, 0.4) is 0 Å². The van der Waals surface area contributed by atoms with E-state index in [1.807, 2.05) is 25.1 Å². The summed E-state index contributed by atoms with van der Waals surface area (Å²) in [6.45, 7) is 3.02. The second-order valence-electron chi connectivity index (χ2n) is 9.60. The van der Waals surface area contributed by atoms with Gasteiger partial charge in [0.25, 0.3) is 5.91 Å². The molecule has 7 nitrogen and oxygen atoms in total. The lowest BCUT2D eigenvalue weighted by Gasteiger charge is -2.10. The van der Waals surface area contributed by atoms with E-state index in [4.69, 9.17) is 16.3 Å². The van der Waals surface area contributed by atoms with Crippen LogP contribution in [-0.2, 0) is 16.0 Å². The average molecular weight is 524 g/mol. The fraction of sp³-hybridized carbons (Fsp3) is 0.414. The van der Waals surface area contributed by atoms with Gasteiger partial charge in [-0.2, -0.15) is 0 Å². The van der Waals surface area contributed by atoms with Gasteiger partial charge in [-0.25, -0.2) is 0 Å². The molecule has 1 heterocycles. The van der Waals surface area contributed by atoms with E-state index in [1.165, 1.54) is 0 Å². The quantitative estimate of drug-likeness (QED) is 0.364. The second-order valence-corrected chi connectivity index (χ2v) is 10.0. The van der Waals surface area contributed by atoms with Crippen LogP contribution in [0.4, 0.5) is 0 Å². The summed E-state index contributed by atoms with van der Waals surface area (Å²) >= 11 is 6.00. The Morgan fingerprint density at radius 2 is 1.68 bits per heavy atom. The zero-order valence-electron chi connectivity index (χ0n) is 21.4. The minimum Gasteiger partial charge on any atom is -0.497 e. The molecule has 0 radical (unpaired) electrons. The number of rotatable bonds is 10. The number of ether oxygens (including phenoxy) is 1. The van der Waals surface area contributed by atoms with Crippen LogP contribution < -0.4 is 15.4 Å². The van der Waals surface area contributed by atoms with Crippen LogP contribution in [0.5, 0.6) is 5.75 Å². The number of carbonyl (C=O) groups excluding carboxylic acids is 3. The van der Waals surface area contributed by atoms with E-state index in [1.54, 1.807) is 35.9 Å². The zero-order chi connectivity index (χ0) is 26.4. The Morgan fingerprint density at radius 3 is 2.35 bits per heavy atom. The molecular weight excluding hydrogens is 490 g/mol. The van der Waals surface area contributed by atoms with Crippen molar-refractivity contribution in [2.45, 2.75) is 51.9 Å². The van der Waals surface area contributed by atoms with Gasteiger partial charge < -0.3 is 15.4 Å². The van der Waals surface area contributed by atoms with Crippen molar-refractivity contribution >= 4 is 40.2 Å². The summed E-state index contributed by atoms with van der Waals surface area (Å²) in [6, 6.07) is 12.3. The van der Waals surface area contributed by atoms with Gasteiger partial charge in [0.2, 0.25) is 11.8 Å². The number of aromatic nitrogens is 1. The zero-order valence-corrected chi connectivity index (χ0v) is 22.2. The molecule has 1 fully saturated rings. The SMILES string of the molecule is COc1ccc2c(c1)c(CC(=O)NCCCCNC(=O)C1CCCC1)c(C)n2C(=O)c1ccc(Cl)cc1. The van der Waals surface area contributed by atoms with Gasteiger partial charge in [0, 0.05) is 40.7 Å². The van der Waals surface area contributed by atoms with Crippen LogP contribution in [-0.4, -0.2) is 42.5 Å². The van der Waals surface area contributed by atoms with E-state index in [0.717, 1.165) is 55.0 Å². The number of fused-ring (bicyclic) bond motifs is 1. The third-order valence-electron chi connectivity index (χ3n) is 7.12. The molecule has 1 aromatic heterocycles.